The zero-order chi connectivity index (χ0) is 11.7. The van der Waals surface area contributed by atoms with Crippen LogP contribution in [-0.2, 0) is 13.6 Å². The zero-order valence-electron chi connectivity index (χ0n) is 9.64. The van der Waals surface area contributed by atoms with Gasteiger partial charge in [-0.25, -0.2) is 4.98 Å². The number of aryl methyl sites for hydroxylation is 2. The van der Waals surface area contributed by atoms with E-state index in [2.05, 4.69) is 10.1 Å². The molecule has 0 saturated carbocycles. The van der Waals surface area contributed by atoms with Crippen LogP contribution < -0.4 is 0 Å². The summed E-state index contributed by atoms with van der Waals surface area (Å²) in [6.45, 7) is 4.32. The molecule has 5 nitrogen and oxygen atoms in total. The van der Waals surface area contributed by atoms with Gasteiger partial charge in [0.05, 0.1) is 17.8 Å². The smallest absolute Gasteiger partial charge is 0.153 e. The summed E-state index contributed by atoms with van der Waals surface area (Å²) in [5, 5.41) is 4.33. The quantitative estimate of drug-likeness (QED) is 0.725. The van der Waals surface area contributed by atoms with Gasteiger partial charge in [0.2, 0.25) is 0 Å². The summed E-state index contributed by atoms with van der Waals surface area (Å²) in [6, 6.07) is 0. The third-order valence-electron chi connectivity index (χ3n) is 2.77. The highest BCUT2D eigenvalue weighted by Gasteiger charge is 2.11. The van der Waals surface area contributed by atoms with Gasteiger partial charge in [-0.1, -0.05) is 0 Å². The van der Waals surface area contributed by atoms with Crippen molar-refractivity contribution in [3.8, 4) is 0 Å². The number of aldehydes is 1. The second-order valence-corrected chi connectivity index (χ2v) is 3.81. The third-order valence-corrected chi connectivity index (χ3v) is 2.77. The van der Waals surface area contributed by atoms with E-state index in [1.807, 2.05) is 31.7 Å². The number of nitrogens with zero attached hydrogens (tertiary/aromatic N) is 4. The normalized spacial score (nSPS) is 10.7. The van der Waals surface area contributed by atoms with E-state index in [0.29, 0.717) is 12.1 Å². The molecule has 0 aliphatic carbocycles. The monoisotopic (exact) mass is 218 g/mol. The van der Waals surface area contributed by atoms with Crippen molar-refractivity contribution in [3.63, 3.8) is 0 Å². The lowest BCUT2D eigenvalue weighted by atomic mass is 10.2. The first-order chi connectivity index (χ1) is 7.63. The summed E-state index contributed by atoms with van der Waals surface area (Å²) in [5.41, 5.74) is 2.33. The Balaban J connectivity index is 2.36. The SMILES string of the molecule is Cc1nn(Cc2nccn2C)c(C)c1C=O. The Bertz CT molecular complexity index is 524. The van der Waals surface area contributed by atoms with Crippen LogP contribution in [-0.4, -0.2) is 25.6 Å². The zero-order valence-corrected chi connectivity index (χ0v) is 9.64. The predicted molar refractivity (Wildman–Crippen MR) is 59.4 cm³/mol. The van der Waals surface area contributed by atoms with Crippen molar-refractivity contribution in [2.45, 2.75) is 20.4 Å². The molecule has 0 aromatic carbocycles. The number of imidazole rings is 1. The molecule has 84 valence electrons. The van der Waals surface area contributed by atoms with Crippen molar-refractivity contribution < 1.29 is 4.79 Å². The molecule has 2 aromatic heterocycles. The molecule has 0 radical (unpaired) electrons. The van der Waals surface area contributed by atoms with Gasteiger partial charge in [0.15, 0.2) is 6.29 Å². The number of carbonyl (C=O) groups excluding carboxylic acids is 1. The van der Waals surface area contributed by atoms with Crippen LogP contribution in [0.5, 0.6) is 0 Å². The minimum absolute atomic E-state index is 0.587. The van der Waals surface area contributed by atoms with Crippen molar-refractivity contribution in [1.82, 2.24) is 19.3 Å². The van der Waals surface area contributed by atoms with E-state index in [4.69, 9.17) is 0 Å². The predicted octanol–water partition coefficient (Wildman–Crippen LogP) is 1.09. The summed E-state index contributed by atoms with van der Waals surface area (Å²) in [5.74, 6) is 0.919. The van der Waals surface area contributed by atoms with E-state index >= 15 is 0 Å². The molecule has 0 fully saturated rings. The average molecular weight is 218 g/mol. The van der Waals surface area contributed by atoms with Gasteiger partial charge in [-0.3, -0.25) is 9.48 Å². The molecule has 0 aliphatic heterocycles. The first-order valence-electron chi connectivity index (χ1n) is 5.09. The largest absolute Gasteiger partial charge is 0.336 e. The molecule has 5 heteroatoms. The van der Waals surface area contributed by atoms with E-state index in [9.17, 15) is 4.79 Å². The number of hydrogen-bond acceptors (Lipinski definition) is 3. The molecule has 0 spiro atoms. The molecular formula is C11H14N4O. The van der Waals surface area contributed by atoms with Crippen molar-refractivity contribution in [2.24, 2.45) is 7.05 Å². The Kier molecular flexibility index (Phi) is 2.60. The maximum Gasteiger partial charge on any atom is 0.153 e. The summed E-state index contributed by atoms with van der Waals surface area (Å²) in [4.78, 5) is 15.1. The second kappa shape index (κ2) is 3.92. The lowest BCUT2D eigenvalue weighted by Gasteiger charge is -2.04. The lowest BCUT2D eigenvalue weighted by Crippen LogP contribution is -2.08. The number of carbonyl (C=O) groups is 1. The summed E-state index contributed by atoms with van der Waals surface area (Å²) in [7, 11) is 1.94. The Labute approximate surface area is 93.7 Å². The topological polar surface area (TPSA) is 52.7 Å². The first-order valence-corrected chi connectivity index (χ1v) is 5.09. The molecule has 0 amide bonds. The van der Waals surface area contributed by atoms with Crippen LogP contribution in [0.3, 0.4) is 0 Å². The van der Waals surface area contributed by atoms with E-state index in [1.165, 1.54) is 0 Å². The van der Waals surface area contributed by atoms with Gasteiger partial charge in [0.1, 0.15) is 5.82 Å². The highest BCUT2D eigenvalue weighted by atomic mass is 16.1. The molecule has 0 aliphatic rings. The van der Waals surface area contributed by atoms with Crippen molar-refractivity contribution in [2.75, 3.05) is 0 Å². The van der Waals surface area contributed by atoms with Crippen molar-refractivity contribution >= 4 is 6.29 Å². The molecule has 0 saturated heterocycles. The van der Waals surface area contributed by atoms with Crippen LogP contribution in [0.15, 0.2) is 12.4 Å². The van der Waals surface area contributed by atoms with Crippen LogP contribution in [0.4, 0.5) is 0 Å². The number of rotatable bonds is 3. The lowest BCUT2D eigenvalue weighted by molar-refractivity contribution is 0.112. The van der Waals surface area contributed by atoms with Crippen LogP contribution in [0, 0.1) is 13.8 Å². The fourth-order valence-electron chi connectivity index (χ4n) is 1.72. The fraction of sp³-hybridized carbons (Fsp3) is 0.364. The minimum atomic E-state index is 0.587. The molecule has 0 N–H and O–H groups in total. The first kappa shape index (κ1) is 10.6. The summed E-state index contributed by atoms with van der Waals surface area (Å²) < 4.78 is 3.75. The minimum Gasteiger partial charge on any atom is -0.336 e. The van der Waals surface area contributed by atoms with E-state index < -0.39 is 0 Å². The maximum atomic E-state index is 10.9. The summed E-state index contributed by atoms with van der Waals surface area (Å²) in [6.07, 6.45) is 4.50. The van der Waals surface area contributed by atoms with Gasteiger partial charge in [-0.2, -0.15) is 5.10 Å². The Morgan fingerprint density at radius 1 is 1.44 bits per heavy atom. The van der Waals surface area contributed by atoms with Crippen molar-refractivity contribution in [3.05, 3.63) is 35.2 Å². The average Bonchev–Trinajstić information content (AvgIpc) is 2.74. The Morgan fingerprint density at radius 3 is 2.69 bits per heavy atom. The van der Waals surface area contributed by atoms with Gasteiger partial charge in [-0.05, 0) is 13.8 Å². The van der Waals surface area contributed by atoms with Gasteiger partial charge < -0.3 is 4.57 Å². The van der Waals surface area contributed by atoms with E-state index in [1.54, 1.807) is 10.9 Å². The van der Waals surface area contributed by atoms with Crippen LogP contribution >= 0.6 is 0 Å². The number of aromatic nitrogens is 4. The molecule has 0 bridgehead atoms. The third kappa shape index (κ3) is 1.64. The molecule has 2 aromatic rings. The van der Waals surface area contributed by atoms with Crippen LogP contribution in [0.1, 0.15) is 27.6 Å². The molecule has 0 unspecified atom stereocenters. The highest BCUT2D eigenvalue weighted by molar-refractivity contribution is 5.78. The highest BCUT2D eigenvalue weighted by Crippen LogP contribution is 2.11. The molecule has 0 atom stereocenters. The molecular weight excluding hydrogens is 204 g/mol. The molecule has 16 heavy (non-hydrogen) atoms. The number of hydrogen-bond donors (Lipinski definition) is 0. The van der Waals surface area contributed by atoms with Gasteiger partial charge >= 0.3 is 0 Å². The van der Waals surface area contributed by atoms with Gasteiger partial charge in [0, 0.05) is 25.1 Å². The molecule has 2 rings (SSSR count). The summed E-state index contributed by atoms with van der Waals surface area (Å²) >= 11 is 0. The Morgan fingerprint density at radius 2 is 2.19 bits per heavy atom. The van der Waals surface area contributed by atoms with E-state index in [-0.39, 0.29) is 0 Å². The fourth-order valence-corrected chi connectivity index (χ4v) is 1.72. The van der Waals surface area contributed by atoms with Crippen LogP contribution in [0.2, 0.25) is 0 Å². The van der Waals surface area contributed by atoms with Crippen LogP contribution in [0.25, 0.3) is 0 Å². The Hall–Kier alpha value is -1.91. The van der Waals surface area contributed by atoms with Gasteiger partial charge in [-0.15, -0.1) is 0 Å². The standard InChI is InChI=1S/C11H14N4O/c1-8-10(7-16)9(2)15(13-8)6-11-12-4-5-14(11)3/h4-5,7H,6H2,1-3H3. The second-order valence-electron chi connectivity index (χ2n) is 3.81. The van der Waals surface area contributed by atoms with Gasteiger partial charge in [0.25, 0.3) is 0 Å². The van der Waals surface area contributed by atoms with Crippen molar-refractivity contribution in [1.29, 1.82) is 0 Å². The molecule has 2 heterocycles. The maximum absolute atomic E-state index is 10.9. The van der Waals surface area contributed by atoms with E-state index in [0.717, 1.165) is 23.5 Å².